The van der Waals surface area contributed by atoms with Gasteiger partial charge in [-0.05, 0) is 220 Å². The number of carbonyl (C=O) groups is 2. The molecule has 2 aliphatic rings. The number of hydrogen-bond donors (Lipinski definition) is 0. The first-order valence-corrected chi connectivity index (χ1v) is 36.2. The Morgan fingerprint density at radius 3 is 0.427 bits per heavy atom. The van der Waals surface area contributed by atoms with E-state index in [0.717, 1.165) is 83.5 Å². The van der Waals surface area contributed by atoms with Crippen molar-refractivity contribution in [2.75, 3.05) is 0 Å². The number of Topliss-reactive ketones (excluding diaryl/α,β-unsaturated/α-hetero) is 2. The van der Waals surface area contributed by atoms with Crippen molar-refractivity contribution in [3.05, 3.63) is 499 Å². The van der Waals surface area contributed by atoms with E-state index in [1.807, 2.05) is 334 Å². The average molecular weight is 1390 g/mol. The van der Waals surface area contributed by atoms with Crippen LogP contribution >= 0.6 is 0 Å². The van der Waals surface area contributed by atoms with Gasteiger partial charge in [0, 0.05) is 122 Å². The van der Waals surface area contributed by atoms with Gasteiger partial charge in [0.25, 0.3) is 0 Å². The summed E-state index contributed by atoms with van der Waals surface area (Å²) < 4.78 is 0. The fourth-order valence-corrected chi connectivity index (χ4v) is 13.4. The van der Waals surface area contributed by atoms with Crippen LogP contribution in [0, 0.1) is 82.9 Å². The van der Waals surface area contributed by atoms with E-state index in [9.17, 15) is 0 Å². The fourth-order valence-electron chi connectivity index (χ4n) is 13.4. The van der Waals surface area contributed by atoms with Gasteiger partial charge in [-0.3, -0.25) is 9.59 Å². The number of rotatable bonds is 8. The van der Waals surface area contributed by atoms with E-state index in [4.69, 9.17) is 0 Å². The Balaban J connectivity index is 0.964. The summed E-state index contributed by atoms with van der Waals surface area (Å²) in [6.45, 7) is 0. The van der Waals surface area contributed by atoms with E-state index in [1.54, 1.807) is 0 Å². The van der Waals surface area contributed by atoms with Gasteiger partial charge < -0.3 is 0 Å². The third-order valence-corrected chi connectivity index (χ3v) is 18.8. The number of carbonyl (C=O) groups excluding carboxylic acids is 2. The molecule has 14 aromatic rings. The topological polar surface area (TPSA) is 34.1 Å². The van der Waals surface area contributed by atoms with Crippen molar-refractivity contribution in [1.82, 2.24) is 0 Å². The van der Waals surface area contributed by atoms with Gasteiger partial charge in [0.2, 0.25) is 0 Å². The molecule has 0 bridgehead atoms. The Morgan fingerprint density at radius 2 is 0.255 bits per heavy atom. The fraction of sp³-hybridized carbons (Fsp3) is 0. The average Bonchev–Trinajstić information content (AvgIpc) is 1.57. The summed E-state index contributed by atoms with van der Waals surface area (Å²) in [5, 5.41) is 0. The van der Waals surface area contributed by atoms with Crippen molar-refractivity contribution in [3.63, 3.8) is 0 Å². The minimum absolute atomic E-state index is 0.182. The van der Waals surface area contributed by atoms with Crippen LogP contribution in [0.5, 0.6) is 0 Å². The molecule has 0 atom stereocenters. The lowest BCUT2D eigenvalue weighted by Gasteiger charge is -2.18. The predicted molar refractivity (Wildman–Crippen MR) is 449 cm³/mol. The zero-order valence-electron chi connectivity index (χ0n) is 59.6. The standard InChI is InChI=1S/C108H62O2/c109-107-103(93-66-54-86(55-67-93)44-38-79-26-12-3-13-27-79)99(91-62-50-84(51-63-91)42-36-77-22-8-1-9-23-77)101(105(107)95-70-58-88(59-71-95)46-40-81-30-16-5-17-31-81)97-74-90(49-48-83-34-20-7-21-35-83)75-98(76-97)102-100(92-64-52-85(53-65-92)43-37-78-24-10-2-11-25-78)104(94-68-56-87(57-69-94)45-39-80-28-14-4-15-29-80)108(110)106(102)96-72-60-89(61-73-96)47-41-82-32-18-6-19-33-82/h1-35,50-76H. The SMILES string of the molecule is O=C1C(c2ccc(C#Cc3ccccc3)cc2)=C(c2ccc(C#Cc3ccccc3)cc2)C(c2cc(C#Cc3ccccc3)cc(C3=C(c4ccc(C#Cc5ccccc5)cc4)C(=O)C(c4ccc(C#Cc5ccccc5)cc4)=C3c3ccc(C#Cc4ccccc4)cc3)c2)=C1c1ccc(C#Cc2ccccc2)cc1. The van der Waals surface area contributed by atoms with Crippen LogP contribution in [0.2, 0.25) is 0 Å². The molecule has 16 rings (SSSR count). The molecule has 506 valence electrons. The molecule has 0 aromatic heterocycles. The molecule has 0 fully saturated rings. The van der Waals surface area contributed by atoms with Crippen LogP contribution in [0.1, 0.15) is 122 Å². The second-order valence-electron chi connectivity index (χ2n) is 26.2. The summed E-state index contributed by atoms with van der Waals surface area (Å²) in [6.07, 6.45) is 0. The first-order valence-electron chi connectivity index (χ1n) is 36.2. The molecule has 0 unspecified atom stereocenters. The largest absolute Gasteiger partial charge is 0.289 e. The molecule has 0 amide bonds. The Hall–Kier alpha value is -15.7. The van der Waals surface area contributed by atoms with Crippen molar-refractivity contribution in [2.24, 2.45) is 0 Å². The van der Waals surface area contributed by atoms with E-state index in [0.29, 0.717) is 83.5 Å². The van der Waals surface area contributed by atoms with Crippen molar-refractivity contribution < 1.29 is 9.59 Å². The lowest BCUT2D eigenvalue weighted by Crippen LogP contribution is -2.02. The number of benzene rings is 14. The van der Waals surface area contributed by atoms with E-state index in [2.05, 4.69) is 125 Å². The zero-order chi connectivity index (χ0) is 74.2. The summed E-state index contributed by atoms with van der Waals surface area (Å²) in [5.41, 5.74) is 21.9. The predicted octanol–water partition coefficient (Wildman–Crippen LogP) is 21.7. The van der Waals surface area contributed by atoms with Crippen LogP contribution in [-0.4, -0.2) is 11.6 Å². The Kier molecular flexibility index (Phi) is 20.3. The molecule has 0 spiro atoms. The van der Waals surface area contributed by atoms with Crippen molar-refractivity contribution in [1.29, 1.82) is 0 Å². The smallest absolute Gasteiger partial charge is 0.195 e. The molecule has 0 saturated carbocycles. The van der Waals surface area contributed by atoms with E-state index in [-0.39, 0.29) is 11.6 Å². The van der Waals surface area contributed by atoms with Gasteiger partial charge in [0.15, 0.2) is 11.6 Å². The lowest BCUT2D eigenvalue weighted by molar-refractivity contribution is -0.109. The summed E-state index contributed by atoms with van der Waals surface area (Å²) >= 11 is 0. The third-order valence-electron chi connectivity index (χ3n) is 18.8. The number of ketones is 2. The highest BCUT2D eigenvalue weighted by Crippen LogP contribution is 2.54. The van der Waals surface area contributed by atoms with Crippen LogP contribution in [0.25, 0.3) is 44.6 Å². The molecule has 0 N–H and O–H groups in total. The molecule has 14 aromatic carbocycles. The van der Waals surface area contributed by atoms with E-state index in [1.165, 1.54) is 0 Å². The maximum absolute atomic E-state index is 16.8. The lowest BCUT2D eigenvalue weighted by atomic mass is 9.84. The van der Waals surface area contributed by atoms with Gasteiger partial charge >= 0.3 is 0 Å². The van der Waals surface area contributed by atoms with E-state index >= 15 is 9.59 Å². The molecule has 0 heterocycles. The summed E-state index contributed by atoms with van der Waals surface area (Å²) in [6, 6.07) is 124. The van der Waals surface area contributed by atoms with Crippen LogP contribution in [-0.2, 0) is 9.59 Å². The van der Waals surface area contributed by atoms with Gasteiger partial charge in [0.05, 0.1) is 0 Å². The maximum Gasteiger partial charge on any atom is 0.195 e. The molecule has 110 heavy (non-hydrogen) atoms. The first kappa shape index (κ1) is 68.7. The van der Waals surface area contributed by atoms with Crippen molar-refractivity contribution in [3.8, 4) is 82.9 Å². The summed E-state index contributed by atoms with van der Waals surface area (Å²) in [4.78, 5) is 33.6. The Labute approximate surface area is 642 Å². The van der Waals surface area contributed by atoms with Crippen molar-refractivity contribution in [2.45, 2.75) is 0 Å². The second-order valence-corrected chi connectivity index (χ2v) is 26.2. The number of hydrogen-bond acceptors (Lipinski definition) is 2. The molecule has 2 heteroatoms. The van der Waals surface area contributed by atoms with E-state index < -0.39 is 0 Å². The van der Waals surface area contributed by atoms with Gasteiger partial charge in [-0.25, -0.2) is 0 Å². The van der Waals surface area contributed by atoms with Crippen molar-refractivity contribution >= 4 is 56.2 Å². The van der Waals surface area contributed by atoms with Gasteiger partial charge in [-0.15, -0.1) is 0 Å². The first-order chi connectivity index (χ1) is 54.3. The van der Waals surface area contributed by atoms with Crippen LogP contribution in [0.15, 0.2) is 376 Å². The normalized spacial score (nSPS) is 11.9. The molecule has 0 radical (unpaired) electrons. The number of allylic oxidation sites excluding steroid dienone is 8. The summed E-state index contributed by atoms with van der Waals surface area (Å²) in [5.74, 6) is 47.0. The van der Waals surface area contributed by atoms with Crippen LogP contribution < -0.4 is 0 Å². The van der Waals surface area contributed by atoms with Crippen LogP contribution in [0.4, 0.5) is 0 Å². The minimum Gasteiger partial charge on any atom is -0.289 e. The molecule has 2 nitrogen and oxygen atoms in total. The van der Waals surface area contributed by atoms with Gasteiger partial charge in [-0.1, -0.05) is 283 Å². The van der Waals surface area contributed by atoms with Gasteiger partial charge in [-0.2, -0.15) is 0 Å². The van der Waals surface area contributed by atoms with Gasteiger partial charge in [0.1, 0.15) is 0 Å². The monoisotopic (exact) mass is 1390 g/mol. The molecule has 0 saturated heterocycles. The molecular formula is C108H62O2. The Morgan fingerprint density at radius 1 is 0.118 bits per heavy atom. The maximum atomic E-state index is 16.8. The van der Waals surface area contributed by atoms with Crippen LogP contribution in [0.3, 0.4) is 0 Å². The zero-order valence-corrected chi connectivity index (χ0v) is 59.6. The quantitative estimate of drug-likeness (QED) is 0.142. The Bertz CT molecular complexity index is 6110. The minimum atomic E-state index is -0.182. The highest BCUT2D eigenvalue weighted by atomic mass is 16.1. The molecule has 0 aliphatic heterocycles. The third kappa shape index (κ3) is 16.0. The summed E-state index contributed by atoms with van der Waals surface area (Å²) in [7, 11) is 0. The molecule has 2 aliphatic carbocycles. The highest BCUT2D eigenvalue weighted by molar-refractivity contribution is 6.60. The molecular weight excluding hydrogens is 1330 g/mol. The highest BCUT2D eigenvalue weighted by Gasteiger charge is 2.39. The second kappa shape index (κ2) is 32.5.